The van der Waals surface area contributed by atoms with Gasteiger partial charge in [0.25, 0.3) is 0 Å². The van der Waals surface area contributed by atoms with E-state index in [4.69, 9.17) is 0 Å². The first-order chi connectivity index (χ1) is 8.93. The standard InChI is InChI=1S/C16H28N2O/c1-16(2,3)14-10-18(11-14)15(19)13-6-7-17(9-13)8-12-4-5-12/h12-14H,4-11H2,1-3H3/t13-/m0/s1. The molecule has 3 fully saturated rings. The second kappa shape index (κ2) is 4.76. The quantitative estimate of drug-likeness (QED) is 0.780. The number of carbonyl (C=O) groups excluding carboxylic acids is 1. The Morgan fingerprint density at radius 3 is 2.37 bits per heavy atom. The zero-order valence-corrected chi connectivity index (χ0v) is 12.7. The van der Waals surface area contributed by atoms with Gasteiger partial charge in [-0.1, -0.05) is 20.8 Å². The number of likely N-dealkylation sites (tertiary alicyclic amines) is 2. The molecule has 0 spiro atoms. The Labute approximate surface area is 117 Å². The third-order valence-electron chi connectivity index (χ3n) is 5.25. The van der Waals surface area contributed by atoms with Crippen molar-refractivity contribution in [3.05, 3.63) is 0 Å². The first-order valence-electron chi connectivity index (χ1n) is 7.94. The summed E-state index contributed by atoms with van der Waals surface area (Å²) in [6.07, 6.45) is 3.91. The Bertz CT molecular complexity index is 350. The molecule has 1 atom stereocenters. The minimum absolute atomic E-state index is 0.291. The van der Waals surface area contributed by atoms with Crippen LogP contribution in [0, 0.1) is 23.2 Å². The lowest BCUT2D eigenvalue weighted by atomic mass is 9.75. The van der Waals surface area contributed by atoms with Crippen LogP contribution in [0.4, 0.5) is 0 Å². The average Bonchev–Trinajstić information content (AvgIpc) is 2.89. The molecule has 2 aliphatic heterocycles. The van der Waals surface area contributed by atoms with Crippen molar-refractivity contribution in [1.29, 1.82) is 0 Å². The van der Waals surface area contributed by atoms with Crippen LogP contribution in [-0.2, 0) is 4.79 Å². The summed E-state index contributed by atoms with van der Waals surface area (Å²) in [7, 11) is 0. The fourth-order valence-electron chi connectivity index (χ4n) is 3.33. The molecule has 108 valence electrons. The van der Waals surface area contributed by atoms with Crippen LogP contribution in [0.5, 0.6) is 0 Å². The van der Waals surface area contributed by atoms with Gasteiger partial charge >= 0.3 is 0 Å². The monoisotopic (exact) mass is 264 g/mol. The molecule has 1 saturated carbocycles. The summed E-state index contributed by atoms with van der Waals surface area (Å²) in [5, 5.41) is 0. The van der Waals surface area contributed by atoms with E-state index in [2.05, 4.69) is 30.6 Å². The van der Waals surface area contributed by atoms with E-state index < -0.39 is 0 Å². The van der Waals surface area contributed by atoms with Crippen LogP contribution < -0.4 is 0 Å². The fraction of sp³-hybridized carbons (Fsp3) is 0.938. The van der Waals surface area contributed by atoms with Gasteiger partial charge < -0.3 is 9.80 Å². The van der Waals surface area contributed by atoms with Gasteiger partial charge in [0.2, 0.25) is 5.91 Å². The smallest absolute Gasteiger partial charge is 0.227 e. The highest BCUT2D eigenvalue weighted by Gasteiger charge is 2.41. The summed E-state index contributed by atoms with van der Waals surface area (Å²) < 4.78 is 0. The highest BCUT2D eigenvalue weighted by atomic mass is 16.2. The van der Waals surface area contributed by atoms with Crippen molar-refractivity contribution in [2.75, 3.05) is 32.7 Å². The maximum Gasteiger partial charge on any atom is 0.227 e. The van der Waals surface area contributed by atoms with Gasteiger partial charge in [0.05, 0.1) is 5.92 Å². The van der Waals surface area contributed by atoms with E-state index in [0.717, 1.165) is 38.5 Å². The zero-order chi connectivity index (χ0) is 13.6. The summed E-state index contributed by atoms with van der Waals surface area (Å²) >= 11 is 0. The molecule has 0 radical (unpaired) electrons. The van der Waals surface area contributed by atoms with E-state index in [1.807, 2.05) is 0 Å². The number of hydrogen-bond acceptors (Lipinski definition) is 2. The van der Waals surface area contributed by atoms with Gasteiger partial charge in [-0.15, -0.1) is 0 Å². The van der Waals surface area contributed by atoms with E-state index in [1.54, 1.807) is 0 Å². The van der Waals surface area contributed by atoms with Crippen molar-refractivity contribution in [3.8, 4) is 0 Å². The maximum atomic E-state index is 12.4. The fourth-order valence-corrected chi connectivity index (χ4v) is 3.33. The van der Waals surface area contributed by atoms with Gasteiger partial charge in [0.15, 0.2) is 0 Å². The first-order valence-corrected chi connectivity index (χ1v) is 7.94. The zero-order valence-electron chi connectivity index (χ0n) is 12.7. The molecule has 2 saturated heterocycles. The lowest BCUT2D eigenvalue weighted by Crippen LogP contribution is -2.56. The molecule has 3 rings (SSSR count). The van der Waals surface area contributed by atoms with Crippen molar-refractivity contribution in [2.45, 2.75) is 40.0 Å². The lowest BCUT2D eigenvalue weighted by molar-refractivity contribution is -0.144. The van der Waals surface area contributed by atoms with Crippen molar-refractivity contribution >= 4 is 5.91 Å². The summed E-state index contributed by atoms with van der Waals surface area (Å²) in [4.78, 5) is 17.1. The van der Waals surface area contributed by atoms with Gasteiger partial charge in [0.1, 0.15) is 0 Å². The number of carbonyl (C=O) groups is 1. The average molecular weight is 264 g/mol. The Kier molecular flexibility index (Phi) is 3.36. The number of amides is 1. The van der Waals surface area contributed by atoms with Gasteiger partial charge in [-0.3, -0.25) is 4.79 Å². The van der Waals surface area contributed by atoms with Gasteiger partial charge in [-0.2, -0.15) is 0 Å². The molecular formula is C16H28N2O. The Balaban J connectivity index is 1.44. The molecule has 0 bridgehead atoms. The Hall–Kier alpha value is -0.570. The molecule has 2 heterocycles. The molecule has 0 unspecified atom stereocenters. The molecule has 1 amide bonds. The third-order valence-corrected chi connectivity index (χ3v) is 5.25. The SMILES string of the molecule is CC(C)(C)C1CN(C(=O)[C@H]2CCN(CC3CC3)C2)C1. The number of nitrogens with zero attached hydrogens (tertiary/aromatic N) is 2. The van der Waals surface area contributed by atoms with E-state index >= 15 is 0 Å². The lowest BCUT2D eigenvalue weighted by Gasteiger charge is -2.47. The molecule has 19 heavy (non-hydrogen) atoms. The van der Waals surface area contributed by atoms with Crippen LogP contribution in [0.2, 0.25) is 0 Å². The van der Waals surface area contributed by atoms with Crippen LogP contribution in [0.25, 0.3) is 0 Å². The largest absolute Gasteiger partial charge is 0.342 e. The van der Waals surface area contributed by atoms with Crippen LogP contribution >= 0.6 is 0 Å². The maximum absolute atomic E-state index is 12.4. The molecule has 0 N–H and O–H groups in total. The molecular weight excluding hydrogens is 236 g/mol. The molecule has 3 nitrogen and oxygen atoms in total. The van der Waals surface area contributed by atoms with Gasteiger partial charge in [0, 0.05) is 26.2 Å². The molecule has 3 aliphatic rings. The summed E-state index contributed by atoms with van der Waals surface area (Å²) in [6, 6.07) is 0. The number of hydrogen-bond donors (Lipinski definition) is 0. The van der Waals surface area contributed by atoms with Crippen LogP contribution in [0.15, 0.2) is 0 Å². The van der Waals surface area contributed by atoms with Crippen molar-refractivity contribution in [1.82, 2.24) is 9.80 Å². The van der Waals surface area contributed by atoms with E-state index in [0.29, 0.717) is 23.2 Å². The Morgan fingerprint density at radius 1 is 1.11 bits per heavy atom. The number of rotatable bonds is 3. The van der Waals surface area contributed by atoms with E-state index in [1.165, 1.54) is 19.4 Å². The second-order valence-corrected chi connectivity index (χ2v) is 7.99. The van der Waals surface area contributed by atoms with Crippen LogP contribution in [-0.4, -0.2) is 48.4 Å². The van der Waals surface area contributed by atoms with Gasteiger partial charge in [-0.25, -0.2) is 0 Å². The molecule has 0 aromatic heterocycles. The predicted octanol–water partition coefficient (Wildman–Crippen LogP) is 2.22. The first kappa shape index (κ1) is 13.4. The molecule has 3 heteroatoms. The normalized spacial score (nSPS) is 29.6. The van der Waals surface area contributed by atoms with Crippen molar-refractivity contribution in [3.63, 3.8) is 0 Å². The molecule has 0 aromatic carbocycles. The highest BCUT2D eigenvalue weighted by molar-refractivity contribution is 5.80. The summed E-state index contributed by atoms with van der Waals surface area (Å²) in [6.45, 7) is 12.2. The van der Waals surface area contributed by atoms with Crippen LogP contribution in [0.1, 0.15) is 40.0 Å². The summed E-state index contributed by atoms with van der Waals surface area (Å²) in [5.41, 5.74) is 0.352. The van der Waals surface area contributed by atoms with Crippen LogP contribution in [0.3, 0.4) is 0 Å². The predicted molar refractivity (Wildman–Crippen MR) is 76.8 cm³/mol. The van der Waals surface area contributed by atoms with E-state index in [9.17, 15) is 4.79 Å². The minimum atomic E-state index is 0.291. The second-order valence-electron chi connectivity index (χ2n) is 7.99. The molecule has 0 aromatic rings. The highest BCUT2D eigenvalue weighted by Crippen LogP contribution is 2.36. The van der Waals surface area contributed by atoms with E-state index in [-0.39, 0.29) is 0 Å². The van der Waals surface area contributed by atoms with Crippen molar-refractivity contribution in [2.24, 2.45) is 23.2 Å². The third kappa shape index (κ3) is 2.96. The molecule has 1 aliphatic carbocycles. The topological polar surface area (TPSA) is 23.6 Å². The van der Waals surface area contributed by atoms with Crippen molar-refractivity contribution < 1.29 is 4.79 Å². The minimum Gasteiger partial charge on any atom is -0.342 e. The van der Waals surface area contributed by atoms with Gasteiger partial charge in [-0.05, 0) is 43.1 Å². The Morgan fingerprint density at radius 2 is 1.79 bits per heavy atom. The summed E-state index contributed by atoms with van der Waals surface area (Å²) in [5.74, 6) is 2.36.